The summed E-state index contributed by atoms with van der Waals surface area (Å²) in [6, 6.07) is 37.0. The van der Waals surface area contributed by atoms with E-state index in [1.165, 1.54) is 10.9 Å². The van der Waals surface area contributed by atoms with Gasteiger partial charge >= 0.3 is 21.1 Å². The Hall–Kier alpha value is -4.47. The van der Waals surface area contributed by atoms with E-state index in [2.05, 4.69) is 146 Å². The van der Waals surface area contributed by atoms with Crippen molar-refractivity contribution >= 4 is 21.8 Å². The number of ether oxygens (including phenoxy) is 1. The smallest absolute Gasteiger partial charge is 0.509 e. The maximum Gasteiger partial charge on any atom is 2.00 e. The fourth-order valence-corrected chi connectivity index (χ4v) is 6.64. The average Bonchev–Trinajstić information content (AvgIpc) is 3.56. The summed E-state index contributed by atoms with van der Waals surface area (Å²) < 4.78 is 10.9. The number of aryl methyl sites for hydroxylation is 2. The van der Waals surface area contributed by atoms with E-state index in [1.807, 2.05) is 29.1 Å². The summed E-state index contributed by atoms with van der Waals surface area (Å²) >= 11 is 0. The van der Waals surface area contributed by atoms with Crippen molar-refractivity contribution in [3.05, 3.63) is 131 Å². The number of hydrogen-bond acceptors (Lipinski definition) is 3. The van der Waals surface area contributed by atoms with Crippen molar-refractivity contribution in [1.82, 2.24) is 19.3 Å². The van der Waals surface area contributed by atoms with Gasteiger partial charge < -0.3 is 9.30 Å². The number of pyridine rings is 1. The first-order chi connectivity index (χ1) is 23.3. The number of nitrogens with zero attached hydrogens (tertiary/aromatic N) is 4. The molecule has 50 heavy (non-hydrogen) atoms. The van der Waals surface area contributed by atoms with E-state index in [9.17, 15) is 0 Å². The van der Waals surface area contributed by atoms with Crippen LogP contribution in [0.2, 0.25) is 0 Å². The first-order valence-electron chi connectivity index (χ1n) is 17.2. The van der Waals surface area contributed by atoms with Crippen molar-refractivity contribution in [2.24, 2.45) is 0 Å². The average molecular weight is 840 g/mol. The van der Waals surface area contributed by atoms with Crippen LogP contribution in [0, 0.1) is 32.9 Å². The third kappa shape index (κ3) is 6.44. The van der Waals surface area contributed by atoms with Crippen molar-refractivity contribution in [2.45, 2.75) is 79.6 Å². The fourth-order valence-electron chi connectivity index (χ4n) is 6.64. The van der Waals surface area contributed by atoms with Gasteiger partial charge in [0.15, 0.2) is 0 Å². The van der Waals surface area contributed by atoms with Crippen LogP contribution in [0.25, 0.3) is 44.4 Å². The van der Waals surface area contributed by atoms with Gasteiger partial charge in [-0.2, -0.15) is 11.2 Å². The summed E-state index contributed by atoms with van der Waals surface area (Å²) in [5.41, 5.74) is 10.7. The standard InChI is InChI=1S/C44H44N4O.Pt/c1-10-44(8,9)32-16-19-39-38(25-32)37-18-17-35(27-40(37)47(39)41-22-28(2)20-21-45-41)49-36-24-33(43(5,6)7)23-34(26-36)48-30(4)42(29(3)46-48)31-14-12-11-13-15-31;/h11-25H,10H2,1-9H3;/q-2;+2. The Balaban J connectivity index is 0.00000432. The molecule has 7 rings (SSSR count). The molecule has 0 aliphatic rings. The summed E-state index contributed by atoms with van der Waals surface area (Å²) in [4.78, 5) is 4.79. The summed E-state index contributed by atoms with van der Waals surface area (Å²) in [6.45, 7) is 19.8. The Bertz CT molecular complexity index is 2340. The number of rotatable bonds is 7. The van der Waals surface area contributed by atoms with Crippen molar-refractivity contribution < 1.29 is 25.8 Å². The molecule has 0 fully saturated rings. The van der Waals surface area contributed by atoms with Gasteiger partial charge in [0.05, 0.1) is 5.69 Å². The van der Waals surface area contributed by atoms with Crippen LogP contribution < -0.4 is 4.74 Å². The van der Waals surface area contributed by atoms with E-state index in [-0.39, 0.29) is 31.9 Å². The second-order valence-corrected chi connectivity index (χ2v) is 14.9. The normalized spacial score (nSPS) is 12.0. The van der Waals surface area contributed by atoms with Gasteiger partial charge in [-0.1, -0.05) is 89.5 Å². The van der Waals surface area contributed by atoms with Gasteiger partial charge in [-0.05, 0) is 84.0 Å². The molecule has 0 aliphatic heterocycles. The van der Waals surface area contributed by atoms with Crippen LogP contribution in [0.1, 0.15) is 76.0 Å². The van der Waals surface area contributed by atoms with Crippen LogP contribution in [0.4, 0.5) is 0 Å². The van der Waals surface area contributed by atoms with E-state index in [4.69, 9.17) is 14.8 Å². The Kier molecular flexibility index (Phi) is 9.43. The monoisotopic (exact) mass is 839 g/mol. The maximum absolute atomic E-state index is 6.67. The molecule has 0 saturated carbocycles. The third-order valence-electron chi connectivity index (χ3n) is 9.94. The Morgan fingerprint density at radius 2 is 1.52 bits per heavy atom. The number of hydrogen-bond donors (Lipinski definition) is 0. The Morgan fingerprint density at radius 3 is 2.22 bits per heavy atom. The van der Waals surface area contributed by atoms with Crippen LogP contribution in [0.15, 0.2) is 91.1 Å². The molecule has 0 spiro atoms. The predicted molar refractivity (Wildman–Crippen MR) is 202 cm³/mol. The minimum atomic E-state index is -0.124. The van der Waals surface area contributed by atoms with Crippen molar-refractivity contribution in [3.63, 3.8) is 0 Å². The van der Waals surface area contributed by atoms with Gasteiger partial charge in [0.25, 0.3) is 0 Å². The van der Waals surface area contributed by atoms with E-state index < -0.39 is 0 Å². The molecule has 7 aromatic rings. The number of aromatic nitrogens is 4. The molecule has 4 aromatic carbocycles. The number of benzene rings is 4. The molecule has 256 valence electrons. The van der Waals surface area contributed by atoms with Crippen molar-refractivity contribution in [3.8, 4) is 34.1 Å². The molecule has 0 atom stereocenters. The molecule has 0 N–H and O–H groups in total. The van der Waals surface area contributed by atoms with Crippen LogP contribution in [0.5, 0.6) is 11.5 Å². The van der Waals surface area contributed by atoms with Crippen LogP contribution >= 0.6 is 0 Å². The largest absolute Gasteiger partial charge is 2.00 e. The van der Waals surface area contributed by atoms with E-state index >= 15 is 0 Å². The molecule has 0 amide bonds. The molecule has 0 aliphatic carbocycles. The quantitative estimate of drug-likeness (QED) is 0.150. The maximum atomic E-state index is 6.67. The summed E-state index contributed by atoms with van der Waals surface area (Å²) in [5, 5.41) is 7.28. The molecule has 3 aromatic heterocycles. The summed E-state index contributed by atoms with van der Waals surface area (Å²) in [7, 11) is 0. The third-order valence-corrected chi connectivity index (χ3v) is 9.94. The first kappa shape index (κ1) is 35.4. The molecular weight excluding hydrogens is 796 g/mol. The van der Waals surface area contributed by atoms with Crippen LogP contribution in [0.3, 0.4) is 0 Å². The minimum absolute atomic E-state index is 0. The summed E-state index contributed by atoms with van der Waals surface area (Å²) in [5.74, 6) is 2.10. The van der Waals surface area contributed by atoms with E-state index in [0.717, 1.165) is 68.0 Å². The van der Waals surface area contributed by atoms with E-state index in [1.54, 1.807) is 0 Å². The second kappa shape index (κ2) is 13.3. The SMILES string of the molecule is CCC(C)(C)c1ccc2c(c1)c1ccc(Oc3[c-]c(-n4nc(C)c(-c5ccccc5)c4C)cc(C(C)(C)C)c3)[c-]c1n2-c1cc(C)ccn1.[Pt+2]. The molecule has 5 nitrogen and oxygen atoms in total. The topological polar surface area (TPSA) is 44.9 Å². The van der Waals surface area contributed by atoms with Crippen molar-refractivity contribution in [1.29, 1.82) is 0 Å². The van der Waals surface area contributed by atoms with Crippen molar-refractivity contribution in [2.75, 3.05) is 0 Å². The second-order valence-electron chi connectivity index (χ2n) is 14.9. The van der Waals surface area contributed by atoms with Gasteiger partial charge in [0.1, 0.15) is 5.82 Å². The summed E-state index contributed by atoms with van der Waals surface area (Å²) in [6.07, 6.45) is 2.92. The van der Waals surface area contributed by atoms with E-state index in [0.29, 0.717) is 11.5 Å². The molecule has 0 saturated heterocycles. The Morgan fingerprint density at radius 1 is 0.760 bits per heavy atom. The number of fused-ring (bicyclic) bond motifs is 3. The minimum Gasteiger partial charge on any atom is -0.509 e. The molecule has 0 bridgehead atoms. The van der Waals surface area contributed by atoms with Crippen LogP contribution in [-0.2, 0) is 31.9 Å². The predicted octanol–water partition coefficient (Wildman–Crippen LogP) is 11.3. The molecule has 3 heterocycles. The molecule has 6 heteroatoms. The zero-order valence-electron chi connectivity index (χ0n) is 30.4. The van der Waals surface area contributed by atoms with Gasteiger partial charge in [0.2, 0.25) is 0 Å². The van der Waals surface area contributed by atoms with Crippen LogP contribution in [-0.4, -0.2) is 19.3 Å². The zero-order chi connectivity index (χ0) is 34.7. The Labute approximate surface area is 310 Å². The zero-order valence-corrected chi connectivity index (χ0v) is 32.7. The first-order valence-corrected chi connectivity index (χ1v) is 17.2. The fraction of sp³-hybridized carbons (Fsp3) is 0.273. The van der Waals surface area contributed by atoms with Gasteiger partial charge in [-0.15, -0.1) is 41.3 Å². The van der Waals surface area contributed by atoms with Gasteiger partial charge in [-0.3, -0.25) is 4.68 Å². The molecule has 0 unspecified atom stereocenters. The van der Waals surface area contributed by atoms with Gasteiger partial charge in [0, 0.05) is 34.5 Å². The van der Waals surface area contributed by atoms with Gasteiger partial charge in [-0.25, -0.2) is 4.98 Å². The molecular formula is C44H44N4OPt. The molecule has 0 radical (unpaired) electrons.